The van der Waals surface area contributed by atoms with Gasteiger partial charge in [-0.1, -0.05) is 17.7 Å². The highest BCUT2D eigenvalue weighted by atomic mass is 16.5. The van der Waals surface area contributed by atoms with Crippen LogP contribution >= 0.6 is 0 Å². The van der Waals surface area contributed by atoms with E-state index in [0.717, 1.165) is 11.1 Å². The number of anilines is 1. The average molecular weight is 385 g/mol. The number of carbonyl (C=O) groups is 1. The van der Waals surface area contributed by atoms with E-state index in [1.807, 2.05) is 32.0 Å². The Balaban J connectivity index is 1.45. The molecular formula is C22H19N5O2. The van der Waals surface area contributed by atoms with Gasteiger partial charge in [0, 0.05) is 29.7 Å². The summed E-state index contributed by atoms with van der Waals surface area (Å²) in [7, 11) is 0. The summed E-state index contributed by atoms with van der Waals surface area (Å²) in [5.74, 6) is 1.53. The van der Waals surface area contributed by atoms with Gasteiger partial charge in [-0.3, -0.25) is 9.36 Å². The largest absolute Gasteiger partial charge is 0.439 e. The fraction of sp³-hybridized carbons (Fsp3) is 0.0909. The summed E-state index contributed by atoms with van der Waals surface area (Å²) in [4.78, 5) is 24.9. The van der Waals surface area contributed by atoms with E-state index in [9.17, 15) is 4.79 Å². The minimum atomic E-state index is -0.138. The van der Waals surface area contributed by atoms with Crippen LogP contribution in [0.5, 0.6) is 11.6 Å². The quantitative estimate of drug-likeness (QED) is 0.553. The van der Waals surface area contributed by atoms with Gasteiger partial charge in [-0.2, -0.15) is 0 Å². The lowest BCUT2D eigenvalue weighted by Gasteiger charge is -2.10. The summed E-state index contributed by atoms with van der Waals surface area (Å²) in [5, 5.41) is 2.91. The van der Waals surface area contributed by atoms with Crippen LogP contribution in [0.1, 0.15) is 21.5 Å². The molecule has 1 amide bonds. The maximum Gasteiger partial charge on any atom is 0.255 e. The lowest BCUT2D eigenvalue weighted by molar-refractivity contribution is 0.102. The summed E-state index contributed by atoms with van der Waals surface area (Å²) in [6.07, 6.45) is 6.55. The number of ether oxygens (including phenoxy) is 1. The van der Waals surface area contributed by atoms with Gasteiger partial charge in [0.15, 0.2) is 0 Å². The zero-order chi connectivity index (χ0) is 20.2. The highest BCUT2D eigenvalue weighted by Gasteiger charge is 2.10. The lowest BCUT2D eigenvalue weighted by atomic mass is 10.1. The van der Waals surface area contributed by atoms with Gasteiger partial charge in [-0.15, -0.1) is 0 Å². The van der Waals surface area contributed by atoms with Crippen LogP contribution in [0.25, 0.3) is 5.82 Å². The maximum absolute atomic E-state index is 12.5. The van der Waals surface area contributed by atoms with Crippen molar-refractivity contribution in [3.05, 3.63) is 90.3 Å². The molecule has 0 atom stereocenters. The number of benzene rings is 2. The van der Waals surface area contributed by atoms with Crippen molar-refractivity contribution in [3.8, 4) is 17.4 Å². The van der Waals surface area contributed by atoms with Gasteiger partial charge in [0.2, 0.25) is 5.88 Å². The van der Waals surface area contributed by atoms with Crippen LogP contribution in [-0.2, 0) is 0 Å². The van der Waals surface area contributed by atoms with Crippen molar-refractivity contribution < 1.29 is 9.53 Å². The molecule has 0 fully saturated rings. The third kappa shape index (κ3) is 4.30. The summed E-state index contributed by atoms with van der Waals surface area (Å²) in [5.41, 5.74) is 3.33. The Hall–Kier alpha value is -4.00. The molecule has 7 heteroatoms. The standard InChI is InChI=1S/C22H19N5O2/c1-15-3-4-16(2)19(11-15)22(28)26-17-5-7-18(8-6-17)29-21-12-20(24-13-25-21)27-10-9-23-14-27/h3-14H,1-2H3,(H,26,28). The number of aromatic nitrogens is 4. The molecule has 4 aromatic rings. The number of amides is 1. The monoisotopic (exact) mass is 385 g/mol. The second kappa shape index (κ2) is 7.93. The van der Waals surface area contributed by atoms with Crippen molar-refractivity contribution in [1.82, 2.24) is 19.5 Å². The minimum absolute atomic E-state index is 0.138. The average Bonchev–Trinajstić information content (AvgIpc) is 3.26. The summed E-state index contributed by atoms with van der Waals surface area (Å²) >= 11 is 0. The third-order valence-electron chi connectivity index (χ3n) is 4.37. The Bertz CT molecular complexity index is 1140. The first-order valence-corrected chi connectivity index (χ1v) is 9.05. The highest BCUT2D eigenvalue weighted by Crippen LogP contribution is 2.23. The number of hydrogen-bond donors (Lipinski definition) is 1. The number of imidazole rings is 1. The van der Waals surface area contributed by atoms with Crippen LogP contribution < -0.4 is 10.1 Å². The first-order chi connectivity index (χ1) is 14.1. The topological polar surface area (TPSA) is 81.9 Å². The number of carbonyl (C=O) groups excluding carboxylic acids is 1. The van der Waals surface area contributed by atoms with Crippen LogP contribution in [0.4, 0.5) is 5.69 Å². The van der Waals surface area contributed by atoms with E-state index in [1.54, 1.807) is 53.6 Å². The summed E-state index contributed by atoms with van der Waals surface area (Å²) in [6.45, 7) is 3.89. The summed E-state index contributed by atoms with van der Waals surface area (Å²) < 4.78 is 7.56. The van der Waals surface area contributed by atoms with Crippen LogP contribution in [0, 0.1) is 13.8 Å². The minimum Gasteiger partial charge on any atom is -0.439 e. The van der Waals surface area contributed by atoms with Crippen LogP contribution in [0.3, 0.4) is 0 Å². The SMILES string of the molecule is Cc1ccc(C)c(C(=O)Nc2ccc(Oc3cc(-n4ccnc4)ncn3)cc2)c1. The summed E-state index contributed by atoms with van der Waals surface area (Å²) in [6, 6.07) is 14.7. The Morgan fingerprint density at radius 2 is 1.86 bits per heavy atom. The number of rotatable bonds is 5. The van der Waals surface area contributed by atoms with Crippen molar-refractivity contribution in [2.45, 2.75) is 13.8 Å². The van der Waals surface area contributed by atoms with Crippen LogP contribution in [-0.4, -0.2) is 25.4 Å². The first-order valence-electron chi connectivity index (χ1n) is 9.05. The fourth-order valence-electron chi connectivity index (χ4n) is 2.83. The number of hydrogen-bond acceptors (Lipinski definition) is 5. The predicted octanol–water partition coefficient (Wildman–Crippen LogP) is 4.32. The Kier molecular flexibility index (Phi) is 5.03. The molecule has 0 radical (unpaired) electrons. The van der Waals surface area contributed by atoms with Gasteiger partial charge in [-0.25, -0.2) is 15.0 Å². The van der Waals surface area contributed by atoms with Gasteiger partial charge in [0.25, 0.3) is 5.91 Å². The Morgan fingerprint density at radius 3 is 2.62 bits per heavy atom. The molecule has 0 aliphatic rings. The van der Waals surface area contributed by atoms with E-state index in [2.05, 4.69) is 20.3 Å². The van der Waals surface area contributed by atoms with E-state index in [1.165, 1.54) is 6.33 Å². The normalized spacial score (nSPS) is 10.6. The van der Waals surface area contributed by atoms with E-state index < -0.39 is 0 Å². The molecule has 29 heavy (non-hydrogen) atoms. The second-order valence-electron chi connectivity index (χ2n) is 6.58. The molecular weight excluding hydrogens is 366 g/mol. The molecule has 0 aliphatic carbocycles. The van der Waals surface area contributed by atoms with Gasteiger partial charge < -0.3 is 10.1 Å². The van der Waals surface area contributed by atoms with E-state index in [4.69, 9.17) is 4.74 Å². The molecule has 0 aliphatic heterocycles. The third-order valence-corrected chi connectivity index (χ3v) is 4.37. The molecule has 144 valence electrons. The lowest BCUT2D eigenvalue weighted by Crippen LogP contribution is -2.13. The van der Waals surface area contributed by atoms with E-state index >= 15 is 0 Å². The molecule has 0 bridgehead atoms. The second-order valence-corrected chi connectivity index (χ2v) is 6.58. The maximum atomic E-state index is 12.5. The zero-order valence-corrected chi connectivity index (χ0v) is 16.0. The molecule has 2 heterocycles. The molecule has 0 saturated carbocycles. The number of nitrogens with one attached hydrogen (secondary N) is 1. The molecule has 4 rings (SSSR count). The Labute approximate surface area is 168 Å². The number of aryl methyl sites for hydroxylation is 2. The van der Waals surface area contributed by atoms with Gasteiger partial charge in [0.1, 0.15) is 24.2 Å². The number of nitrogens with zero attached hydrogens (tertiary/aromatic N) is 4. The molecule has 2 aromatic carbocycles. The Morgan fingerprint density at radius 1 is 1.03 bits per heavy atom. The molecule has 0 unspecified atom stereocenters. The van der Waals surface area contributed by atoms with Crippen molar-refractivity contribution in [2.24, 2.45) is 0 Å². The molecule has 7 nitrogen and oxygen atoms in total. The first kappa shape index (κ1) is 18.4. The van der Waals surface area contributed by atoms with Gasteiger partial charge >= 0.3 is 0 Å². The van der Waals surface area contributed by atoms with Crippen LogP contribution in [0.15, 0.2) is 73.6 Å². The van der Waals surface area contributed by atoms with Crippen LogP contribution in [0.2, 0.25) is 0 Å². The molecule has 0 spiro atoms. The predicted molar refractivity (Wildman–Crippen MR) is 110 cm³/mol. The molecule has 2 aromatic heterocycles. The van der Waals surface area contributed by atoms with Crippen molar-refractivity contribution in [1.29, 1.82) is 0 Å². The highest BCUT2D eigenvalue weighted by molar-refractivity contribution is 6.05. The fourth-order valence-corrected chi connectivity index (χ4v) is 2.83. The van der Waals surface area contributed by atoms with Crippen molar-refractivity contribution in [2.75, 3.05) is 5.32 Å². The molecule has 1 N–H and O–H groups in total. The zero-order valence-electron chi connectivity index (χ0n) is 16.0. The molecule has 0 saturated heterocycles. The van der Waals surface area contributed by atoms with E-state index in [-0.39, 0.29) is 5.91 Å². The van der Waals surface area contributed by atoms with Gasteiger partial charge in [-0.05, 0) is 49.7 Å². The smallest absolute Gasteiger partial charge is 0.255 e. The van der Waals surface area contributed by atoms with Crippen molar-refractivity contribution in [3.63, 3.8) is 0 Å². The van der Waals surface area contributed by atoms with E-state index in [0.29, 0.717) is 28.7 Å². The van der Waals surface area contributed by atoms with Gasteiger partial charge in [0.05, 0.1) is 0 Å². The van der Waals surface area contributed by atoms with Crippen molar-refractivity contribution >= 4 is 11.6 Å².